The molecular formula is C14H19ClN2O3S. The van der Waals surface area contributed by atoms with Gasteiger partial charge in [0.05, 0.1) is 29.0 Å². The lowest BCUT2D eigenvalue weighted by molar-refractivity contribution is -0.132. The van der Waals surface area contributed by atoms with Gasteiger partial charge in [-0.2, -0.15) is 0 Å². The molecule has 1 fully saturated rings. The van der Waals surface area contributed by atoms with Gasteiger partial charge in [0.1, 0.15) is 6.04 Å². The third kappa shape index (κ3) is 4.51. The van der Waals surface area contributed by atoms with Crippen LogP contribution < -0.4 is 5.32 Å². The molecule has 0 spiro atoms. The van der Waals surface area contributed by atoms with Crippen molar-refractivity contribution in [2.24, 2.45) is 0 Å². The number of ether oxygens (including phenoxy) is 1. The number of amides is 1. The number of rotatable bonds is 5. The Kier molecular flexibility index (Phi) is 5.75. The van der Waals surface area contributed by atoms with Crippen LogP contribution in [0.1, 0.15) is 23.5 Å². The highest BCUT2D eigenvalue weighted by Crippen LogP contribution is 2.22. The fourth-order valence-electron chi connectivity index (χ4n) is 2.18. The van der Waals surface area contributed by atoms with Crippen LogP contribution in [-0.2, 0) is 9.53 Å². The predicted octanol–water partition coefficient (Wildman–Crippen LogP) is 1.81. The maximum absolute atomic E-state index is 12.3. The van der Waals surface area contributed by atoms with E-state index in [9.17, 15) is 9.59 Å². The molecule has 1 N–H and O–H groups in total. The summed E-state index contributed by atoms with van der Waals surface area (Å²) < 4.78 is 5.97. The Bertz CT molecular complexity index is 518. The number of thiophene rings is 1. The Balaban J connectivity index is 2.01. The zero-order chi connectivity index (χ0) is 15.4. The molecule has 2 heterocycles. The van der Waals surface area contributed by atoms with Crippen molar-refractivity contribution in [1.82, 2.24) is 10.2 Å². The van der Waals surface area contributed by atoms with E-state index in [1.165, 1.54) is 11.3 Å². The van der Waals surface area contributed by atoms with E-state index in [-0.39, 0.29) is 24.3 Å². The molecule has 1 saturated heterocycles. The van der Waals surface area contributed by atoms with Gasteiger partial charge in [0.2, 0.25) is 5.91 Å². The van der Waals surface area contributed by atoms with Gasteiger partial charge in [-0.1, -0.05) is 11.6 Å². The van der Waals surface area contributed by atoms with Crippen molar-refractivity contribution in [2.75, 3.05) is 26.3 Å². The Labute approximate surface area is 133 Å². The molecular weight excluding hydrogens is 312 g/mol. The predicted molar refractivity (Wildman–Crippen MR) is 83.1 cm³/mol. The largest absolute Gasteiger partial charge is 0.378 e. The van der Waals surface area contributed by atoms with Crippen LogP contribution in [0.15, 0.2) is 12.1 Å². The van der Waals surface area contributed by atoms with E-state index >= 15 is 0 Å². The lowest BCUT2D eigenvalue weighted by atomic mass is 10.1. The minimum absolute atomic E-state index is 0.0175. The summed E-state index contributed by atoms with van der Waals surface area (Å²) in [6, 6.07) is 3.08. The number of morpholine rings is 1. The van der Waals surface area contributed by atoms with Crippen LogP contribution in [0.25, 0.3) is 0 Å². The van der Waals surface area contributed by atoms with Crippen molar-refractivity contribution in [3.63, 3.8) is 0 Å². The first-order valence-corrected chi connectivity index (χ1v) is 8.07. The zero-order valence-corrected chi connectivity index (χ0v) is 13.7. The Morgan fingerprint density at radius 2 is 2.29 bits per heavy atom. The highest BCUT2D eigenvalue weighted by molar-refractivity contribution is 7.18. The molecule has 0 radical (unpaired) electrons. The topological polar surface area (TPSA) is 58.6 Å². The average Bonchev–Trinajstić information content (AvgIpc) is 2.85. The maximum atomic E-state index is 12.3. The van der Waals surface area contributed by atoms with Gasteiger partial charge in [-0.05, 0) is 26.0 Å². The molecule has 116 valence electrons. The molecule has 5 nitrogen and oxygen atoms in total. The van der Waals surface area contributed by atoms with Gasteiger partial charge < -0.3 is 10.1 Å². The second kappa shape index (κ2) is 7.35. The van der Waals surface area contributed by atoms with Crippen LogP contribution >= 0.6 is 22.9 Å². The van der Waals surface area contributed by atoms with Gasteiger partial charge in [0, 0.05) is 12.6 Å². The van der Waals surface area contributed by atoms with E-state index in [1.54, 1.807) is 12.1 Å². The van der Waals surface area contributed by atoms with Crippen LogP contribution in [0.3, 0.4) is 0 Å². The summed E-state index contributed by atoms with van der Waals surface area (Å²) in [6.45, 7) is 5.44. The molecule has 2 rings (SSSR count). The Morgan fingerprint density at radius 3 is 2.90 bits per heavy atom. The van der Waals surface area contributed by atoms with Crippen LogP contribution in [-0.4, -0.2) is 55.0 Å². The van der Waals surface area contributed by atoms with E-state index in [2.05, 4.69) is 5.32 Å². The normalized spacial score (nSPS) is 19.7. The van der Waals surface area contributed by atoms with E-state index in [4.69, 9.17) is 16.3 Å². The summed E-state index contributed by atoms with van der Waals surface area (Å²) in [7, 11) is 0. The van der Waals surface area contributed by atoms with Gasteiger partial charge in [0.25, 0.3) is 0 Å². The molecule has 0 aliphatic carbocycles. The SMILES string of the molecule is CC(C)NC(=O)C1COCCN1CC(=O)c1ccc(Cl)s1. The minimum Gasteiger partial charge on any atom is -0.378 e. The smallest absolute Gasteiger partial charge is 0.239 e. The van der Waals surface area contributed by atoms with Gasteiger partial charge in [-0.3, -0.25) is 14.5 Å². The number of nitrogens with one attached hydrogen (secondary N) is 1. The lowest BCUT2D eigenvalue weighted by Crippen LogP contribution is -2.55. The Morgan fingerprint density at radius 1 is 1.52 bits per heavy atom. The zero-order valence-electron chi connectivity index (χ0n) is 12.1. The number of halogens is 1. The van der Waals surface area contributed by atoms with Crippen molar-refractivity contribution in [1.29, 1.82) is 0 Å². The van der Waals surface area contributed by atoms with Crippen LogP contribution in [0.2, 0.25) is 4.34 Å². The van der Waals surface area contributed by atoms with E-state index < -0.39 is 6.04 Å². The second-order valence-corrected chi connectivity index (χ2v) is 6.97. The molecule has 0 saturated carbocycles. The summed E-state index contributed by atoms with van der Waals surface area (Å²) in [5.41, 5.74) is 0. The van der Waals surface area contributed by atoms with E-state index in [1.807, 2.05) is 18.7 Å². The highest BCUT2D eigenvalue weighted by atomic mass is 35.5. The van der Waals surface area contributed by atoms with Gasteiger partial charge in [0.15, 0.2) is 5.78 Å². The summed E-state index contributed by atoms with van der Waals surface area (Å²) in [5, 5.41) is 2.87. The minimum atomic E-state index is -0.416. The maximum Gasteiger partial charge on any atom is 0.239 e. The summed E-state index contributed by atoms with van der Waals surface area (Å²) in [5.74, 6) is -0.113. The third-order valence-electron chi connectivity index (χ3n) is 3.17. The van der Waals surface area contributed by atoms with Crippen molar-refractivity contribution in [2.45, 2.75) is 25.9 Å². The summed E-state index contributed by atoms with van der Waals surface area (Å²) >= 11 is 7.11. The summed E-state index contributed by atoms with van der Waals surface area (Å²) in [4.78, 5) is 26.9. The van der Waals surface area contributed by atoms with Crippen molar-refractivity contribution >= 4 is 34.6 Å². The standard InChI is InChI=1S/C14H19ClN2O3S/c1-9(2)16-14(19)10-8-20-6-5-17(10)7-11(18)12-3-4-13(15)21-12/h3-4,9-10H,5-8H2,1-2H3,(H,16,19). The van der Waals surface area contributed by atoms with Crippen molar-refractivity contribution < 1.29 is 14.3 Å². The number of hydrogen-bond acceptors (Lipinski definition) is 5. The summed E-state index contributed by atoms with van der Waals surface area (Å²) in [6.07, 6.45) is 0. The first-order valence-electron chi connectivity index (χ1n) is 6.88. The number of ketones is 1. The molecule has 0 aromatic carbocycles. The number of nitrogens with zero attached hydrogens (tertiary/aromatic N) is 1. The lowest BCUT2D eigenvalue weighted by Gasteiger charge is -2.34. The molecule has 1 atom stereocenters. The molecule has 1 aromatic rings. The van der Waals surface area contributed by atoms with Crippen molar-refractivity contribution in [3.05, 3.63) is 21.3 Å². The number of carbonyl (C=O) groups excluding carboxylic acids is 2. The highest BCUT2D eigenvalue weighted by Gasteiger charge is 2.31. The number of carbonyl (C=O) groups is 2. The third-order valence-corrected chi connectivity index (χ3v) is 4.44. The molecule has 1 aromatic heterocycles. The molecule has 1 amide bonds. The number of hydrogen-bond donors (Lipinski definition) is 1. The fraction of sp³-hybridized carbons (Fsp3) is 0.571. The van der Waals surface area contributed by atoms with Crippen LogP contribution in [0.4, 0.5) is 0 Å². The molecule has 1 aliphatic rings. The van der Waals surface area contributed by atoms with E-state index in [0.29, 0.717) is 29.0 Å². The molecule has 1 unspecified atom stereocenters. The molecule has 21 heavy (non-hydrogen) atoms. The fourth-order valence-corrected chi connectivity index (χ4v) is 3.15. The van der Waals surface area contributed by atoms with E-state index in [0.717, 1.165) is 0 Å². The van der Waals surface area contributed by atoms with Crippen molar-refractivity contribution in [3.8, 4) is 0 Å². The van der Waals surface area contributed by atoms with Gasteiger partial charge >= 0.3 is 0 Å². The second-order valence-electron chi connectivity index (χ2n) is 5.25. The first-order chi connectivity index (χ1) is 9.97. The monoisotopic (exact) mass is 330 g/mol. The van der Waals surface area contributed by atoms with Crippen LogP contribution in [0.5, 0.6) is 0 Å². The quantitative estimate of drug-likeness (QED) is 0.837. The van der Waals surface area contributed by atoms with Gasteiger partial charge in [-0.25, -0.2) is 0 Å². The van der Waals surface area contributed by atoms with Crippen LogP contribution in [0, 0.1) is 0 Å². The number of Topliss-reactive ketones (excluding diaryl/α,β-unsaturated/α-hetero) is 1. The molecule has 1 aliphatic heterocycles. The molecule has 0 bridgehead atoms. The Hall–Kier alpha value is -0.950. The molecule has 7 heteroatoms. The first kappa shape index (κ1) is 16.4. The van der Waals surface area contributed by atoms with Gasteiger partial charge in [-0.15, -0.1) is 11.3 Å². The average molecular weight is 331 g/mol.